The van der Waals surface area contributed by atoms with Crippen LogP contribution in [0.5, 0.6) is 23.0 Å². The van der Waals surface area contributed by atoms with Gasteiger partial charge in [-0.3, -0.25) is 9.59 Å². The van der Waals surface area contributed by atoms with Gasteiger partial charge in [-0.05, 0) is 37.8 Å². The second-order valence-electron chi connectivity index (χ2n) is 11.1. The lowest BCUT2D eigenvalue weighted by Crippen LogP contribution is -2.29. The second-order valence-corrected chi connectivity index (χ2v) is 15.0. The quantitative estimate of drug-likeness (QED) is 0.232. The molecular weight excluding hydrogens is 585 g/mol. The van der Waals surface area contributed by atoms with Crippen LogP contribution in [0.3, 0.4) is 0 Å². The van der Waals surface area contributed by atoms with E-state index < -0.39 is 0 Å². The number of Topliss-reactive ketones (excluding diaryl/α,β-unsaturated/α-hetero) is 2. The van der Waals surface area contributed by atoms with Crippen LogP contribution >= 0.6 is 45.3 Å². The largest absolute Gasteiger partial charge is 0.485 e. The molecule has 1 fully saturated rings. The number of rotatable bonds is 2. The van der Waals surface area contributed by atoms with Crippen LogP contribution < -0.4 is 18.9 Å². The molecule has 4 atom stereocenters. The van der Waals surface area contributed by atoms with E-state index in [9.17, 15) is 9.59 Å². The normalized spacial score (nSPS) is 25.6. The van der Waals surface area contributed by atoms with Gasteiger partial charge < -0.3 is 18.9 Å². The molecule has 9 rings (SSSR count). The molecule has 0 spiro atoms. The van der Waals surface area contributed by atoms with Gasteiger partial charge in [-0.1, -0.05) is 0 Å². The van der Waals surface area contributed by atoms with E-state index in [0.717, 1.165) is 77.6 Å². The Labute approximate surface area is 246 Å². The maximum atomic E-state index is 14.0. The summed E-state index contributed by atoms with van der Waals surface area (Å²) in [6, 6.07) is 0. The number of carbonyl (C=O) groups is 2. The molecule has 0 N–H and O–H groups in total. The van der Waals surface area contributed by atoms with Gasteiger partial charge in [-0.15, -0.1) is 45.3 Å². The molecule has 3 aliphatic carbocycles. The Morgan fingerprint density at radius 2 is 1.02 bits per heavy atom. The Kier molecular flexibility index (Phi) is 5.06. The topological polar surface area (TPSA) is 71.1 Å². The van der Waals surface area contributed by atoms with E-state index in [-0.39, 0.29) is 35.2 Å². The van der Waals surface area contributed by atoms with Gasteiger partial charge in [0.05, 0.1) is 19.5 Å². The van der Waals surface area contributed by atoms with Gasteiger partial charge in [0.2, 0.25) is 0 Å². The molecule has 6 heterocycles. The van der Waals surface area contributed by atoms with E-state index >= 15 is 0 Å². The summed E-state index contributed by atoms with van der Waals surface area (Å²) in [5, 5.41) is 4.00. The van der Waals surface area contributed by atoms with Gasteiger partial charge in [0.1, 0.15) is 26.4 Å². The molecule has 0 aromatic carbocycles. The third-order valence-corrected chi connectivity index (χ3v) is 14.2. The summed E-state index contributed by atoms with van der Waals surface area (Å²) in [7, 11) is 0. The molecule has 5 aliphatic rings. The van der Waals surface area contributed by atoms with Crippen LogP contribution in [0.25, 0.3) is 19.5 Å². The summed E-state index contributed by atoms with van der Waals surface area (Å²) < 4.78 is 23.5. The summed E-state index contributed by atoms with van der Waals surface area (Å²) in [6.45, 7) is 6.34. The lowest BCUT2D eigenvalue weighted by atomic mass is 9.70. The van der Waals surface area contributed by atoms with Gasteiger partial charge in [0.15, 0.2) is 34.6 Å². The predicted molar refractivity (Wildman–Crippen MR) is 157 cm³/mol. The molecule has 6 nitrogen and oxygen atoms in total. The summed E-state index contributed by atoms with van der Waals surface area (Å²) in [5.74, 6) is 3.83. The molecule has 1 saturated carbocycles. The van der Waals surface area contributed by atoms with E-state index in [1.54, 1.807) is 45.3 Å². The zero-order valence-electron chi connectivity index (χ0n) is 21.8. The van der Waals surface area contributed by atoms with Gasteiger partial charge >= 0.3 is 0 Å². The lowest BCUT2D eigenvalue weighted by molar-refractivity contribution is 0.0789. The summed E-state index contributed by atoms with van der Waals surface area (Å²) in [6.07, 6.45) is 1.49. The third kappa shape index (κ3) is 3.03. The molecule has 4 unspecified atom stereocenters. The number of fused-ring (bicyclic) bond motifs is 8. The van der Waals surface area contributed by atoms with E-state index in [1.165, 1.54) is 9.75 Å². The molecule has 10 heteroatoms. The van der Waals surface area contributed by atoms with Gasteiger partial charge in [-0.2, -0.15) is 0 Å². The Morgan fingerprint density at radius 3 is 1.48 bits per heavy atom. The first-order chi connectivity index (χ1) is 19.5. The Hall–Kier alpha value is -2.66. The van der Waals surface area contributed by atoms with Crippen molar-refractivity contribution in [3.05, 3.63) is 42.8 Å². The van der Waals surface area contributed by atoms with Crippen molar-refractivity contribution in [2.24, 2.45) is 11.8 Å². The van der Waals surface area contributed by atoms with Crippen LogP contribution in [0.1, 0.15) is 66.3 Å². The lowest BCUT2D eigenvalue weighted by Gasteiger charge is -2.33. The van der Waals surface area contributed by atoms with Crippen molar-refractivity contribution in [2.75, 3.05) is 26.4 Å². The van der Waals surface area contributed by atoms with Crippen LogP contribution in [0.2, 0.25) is 0 Å². The van der Waals surface area contributed by atoms with Crippen molar-refractivity contribution in [3.8, 4) is 42.5 Å². The van der Waals surface area contributed by atoms with E-state index in [0.29, 0.717) is 26.4 Å². The highest BCUT2D eigenvalue weighted by molar-refractivity contribution is 7.23. The fourth-order valence-electron chi connectivity index (χ4n) is 7.41. The SMILES string of the molecule is Cc1c(-c2scc3c2OCCO3)sc2c1C(=O)C1CC3c4sc(-c5scc6c5OCCO6)c(C)c4C(=O)C3CC21. The Balaban J connectivity index is 1.07. The van der Waals surface area contributed by atoms with E-state index in [1.807, 2.05) is 10.8 Å². The average Bonchev–Trinajstić information content (AvgIpc) is 3.79. The number of thiophene rings is 4. The summed E-state index contributed by atoms with van der Waals surface area (Å²) >= 11 is 6.69. The molecule has 0 saturated heterocycles. The molecule has 4 aromatic heterocycles. The number of ether oxygens (including phenoxy) is 4. The van der Waals surface area contributed by atoms with Gasteiger partial charge in [-0.25, -0.2) is 0 Å². The highest BCUT2D eigenvalue weighted by atomic mass is 32.1. The highest BCUT2D eigenvalue weighted by Crippen LogP contribution is 2.63. The minimum absolute atomic E-state index is 0.0529. The smallest absolute Gasteiger partial charge is 0.180 e. The first-order valence-electron chi connectivity index (χ1n) is 13.6. The summed E-state index contributed by atoms with van der Waals surface area (Å²) in [4.78, 5) is 34.6. The average molecular weight is 609 g/mol. The Morgan fingerprint density at radius 1 is 0.600 bits per heavy atom. The number of carbonyl (C=O) groups excluding carboxylic acids is 2. The molecule has 0 bridgehead atoms. The maximum absolute atomic E-state index is 14.0. The fourth-order valence-corrected chi connectivity index (χ4v) is 12.7. The van der Waals surface area contributed by atoms with Gasteiger partial charge in [0.25, 0.3) is 0 Å². The van der Waals surface area contributed by atoms with Crippen LogP contribution in [0, 0.1) is 25.7 Å². The van der Waals surface area contributed by atoms with Crippen molar-refractivity contribution in [3.63, 3.8) is 0 Å². The third-order valence-electron chi connectivity index (χ3n) is 9.19. The van der Waals surface area contributed by atoms with Crippen molar-refractivity contribution in [2.45, 2.75) is 38.5 Å². The van der Waals surface area contributed by atoms with Crippen LogP contribution in [-0.4, -0.2) is 38.0 Å². The standard InChI is InChI=1S/C30H24O6S4/c1-11-19-21(31)13-7-16-14(8-15(13)27(19)39-25(11)29-23-17(9-37-29)33-3-5-35-23)22(32)20-12(2)26(40-28(16)20)30-24-18(10-38-30)34-4-6-36-24/h9-10,13-16H,3-8H2,1-2H3. The van der Waals surface area contributed by atoms with Crippen molar-refractivity contribution < 1.29 is 28.5 Å². The van der Waals surface area contributed by atoms with Crippen LogP contribution in [0.4, 0.5) is 0 Å². The fraction of sp³-hybridized carbons (Fsp3) is 0.400. The molecule has 0 amide bonds. The first kappa shape index (κ1) is 24.0. The monoisotopic (exact) mass is 608 g/mol. The first-order valence-corrected chi connectivity index (χ1v) is 17.0. The molecule has 204 valence electrons. The van der Waals surface area contributed by atoms with Crippen molar-refractivity contribution >= 4 is 56.9 Å². The number of ketones is 2. The molecule has 4 aromatic rings. The van der Waals surface area contributed by atoms with Crippen LogP contribution in [-0.2, 0) is 0 Å². The van der Waals surface area contributed by atoms with Crippen molar-refractivity contribution in [1.82, 2.24) is 0 Å². The number of hydrogen-bond acceptors (Lipinski definition) is 10. The van der Waals surface area contributed by atoms with Crippen molar-refractivity contribution in [1.29, 1.82) is 0 Å². The maximum Gasteiger partial charge on any atom is 0.180 e. The molecule has 2 aliphatic heterocycles. The minimum Gasteiger partial charge on any atom is -0.485 e. The molecular formula is C30H24O6S4. The van der Waals surface area contributed by atoms with Gasteiger partial charge in [0, 0.05) is 55.3 Å². The predicted octanol–water partition coefficient (Wildman–Crippen LogP) is 7.71. The molecule has 0 radical (unpaired) electrons. The summed E-state index contributed by atoms with van der Waals surface area (Å²) in [5.41, 5.74) is 3.89. The van der Waals surface area contributed by atoms with Crippen LogP contribution in [0.15, 0.2) is 10.8 Å². The second kappa shape index (κ2) is 8.44. The molecule has 40 heavy (non-hydrogen) atoms. The zero-order valence-corrected chi connectivity index (χ0v) is 25.1. The number of hydrogen-bond donors (Lipinski definition) is 0. The van der Waals surface area contributed by atoms with E-state index in [2.05, 4.69) is 13.8 Å². The van der Waals surface area contributed by atoms with E-state index in [4.69, 9.17) is 18.9 Å². The highest BCUT2D eigenvalue weighted by Gasteiger charge is 2.55. The Bertz CT molecular complexity index is 1640. The zero-order chi connectivity index (χ0) is 26.9. The minimum atomic E-state index is -0.0529.